The molecular formula is C9H14N2O. The Morgan fingerprint density at radius 1 is 1.33 bits per heavy atom. The van der Waals surface area contributed by atoms with Crippen LogP contribution in [0.3, 0.4) is 0 Å². The molecule has 0 aromatic rings. The third kappa shape index (κ3) is 0.954. The highest BCUT2D eigenvalue weighted by atomic mass is 16.3. The third-order valence-corrected chi connectivity index (χ3v) is 3.22. The van der Waals surface area contributed by atoms with E-state index in [4.69, 9.17) is 5.26 Å². The fraction of sp³-hybridized carbons (Fsp3) is 0.889. The summed E-state index contributed by atoms with van der Waals surface area (Å²) >= 11 is 0. The average Bonchev–Trinajstić information content (AvgIpc) is 2.86. The molecule has 0 spiro atoms. The van der Waals surface area contributed by atoms with Crippen molar-refractivity contribution in [2.45, 2.75) is 31.3 Å². The van der Waals surface area contributed by atoms with Gasteiger partial charge in [0.2, 0.25) is 0 Å². The fourth-order valence-corrected chi connectivity index (χ4v) is 2.10. The van der Waals surface area contributed by atoms with E-state index in [0.717, 1.165) is 32.2 Å². The minimum Gasteiger partial charge on any atom is -0.387 e. The third-order valence-electron chi connectivity index (χ3n) is 3.22. The van der Waals surface area contributed by atoms with Crippen molar-refractivity contribution in [1.82, 2.24) is 5.32 Å². The van der Waals surface area contributed by atoms with Gasteiger partial charge in [-0.2, -0.15) is 5.26 Å². The summed E-state index contributed by atoms with van der Waals surface area (Å²) < 4.78 is 0. The Labute approximate surface area is 72.4 Å². The zero-order valence-corrected chi connectivity index (χ0v) is 7.14. The lowest BCUT2D eigenvalue weighted by Crippen LogP contribution is -2.51. The summed E-state index contributed by atoms with van der Waals surface area (Å²) in [7, 11) is 0. The smallest absolute Gasteiger partial charge is 0.0957 e. The van der Waals surface area contributed by atoms with E-state index in [0.29, 0.717) is 6.54 Å². The van der Waals surface area contributed by atoms with E-state index >= 15 is 0 Å². The second-order valence-electron chi connectivity index (χ2n) is 4.01. The van der Waals surface area contributed by atoms with Crippen molar-refractivity contribution < 1.29 is 5.11 Å². The number of nitrogens with zero attached hydrogens (tertiary/aromatic N) is 1. The van der Waals surface area contributed by atoms with Gasteiger partial charge in [-0.15, -0.1) is 0 Å². The van der Waals surface area contributed by atoms with Crippen LogP contribution in [0.1, 0.15) is 25.7 Å². The molecule has 3 nitrogen and oxygen atoms in total. The SMILES string of the molecule is N#CC1(C2(O)CCCNC2)CC1. The number of hydrogen-bond donors (Lipinski definition) is 2. The highest BCUT2D eigenvalue weighted by Crippen LogP contribution is 2.55. The molecule has 0 amide bonds. The fourth-order valence-electron chi connectivity index (χ4n) is 2.10. The van der Waals surface area contributed by atoms with Crippen molar-refractivity contribution >= 4 is 0 Å². The lowest BCUT2D eigenvalue weighted by molar-refractivity contribution is -0.0295. The Kier molecular flexibility index (Phi) is 1.64. The molecule has 1 saturated heterocycles. The number of hydrogen-bond acceptors (Lipinski definition) is 3. The quantitative estimate of drug-likeness (QED) is 0.593. The van der Waals surface area contributed by atoms with E-state index in [2.05, 4.69) is 11.4 Å². The normalized spacial score (nSPS) is 38.7. The van der Waals surface area contributed by atoms with Crippen molar-refractivity contribution in [1.29, 1.82) is 5.26 Å². The van der Waals surface area contributed by atoms with Gasteiger partial charge in [0, 0.05) is 6.54 Å². The van der Waals surface area contributed by atoms with E-state index < -0.39 is 11.0 Å². The molecule has 2 N–H and O–H groups in total. The van der Waals surface area contributed by atoms with Crippen LogP contribution in [0.2, 0.25) is 0 Å². The van der Waals surface area contributed by atoms with Gasteiger partial charge in [-0.25, -0.2) is 0 Å². The molecule has 1 aliphatic heterocycles. The molecule has 0 radical (unpaired) electrons. The van der Waals surface area contributed by atoms with Gasteiger partial charge in [-0.05, 0) is 32.2 Å². The average molecular weight is 166 g/mol. The maximum absolute atomic E-state index is 10.2. The van der Waals surface area contributed by atoms with Crippen molar-refractivity contribution in [3.63, 3.8) is 0 Å². The van der Waals surface area contributed by atoms with E-state index in [-0.39, 0.29) is 0 Å². The van der Waals surface area contributed by atoms with Gasteiger partial charge < -0.3 is 10.4 Å². The number of rotatable bonds is 1. The molecule has 2 fully saturated rings. The zero-order chi connectivity index (χ0) is 8.66. The number of β-amino-alcohol motifs (C(OH)–C–C–N with tert-alkyl or cyclic N) is 1. The molecule has 1 heterocycles. The molecule has 0 bridgehead atoms. The molecule has 1 aliphatic carbocycles. The summed E-state index contributed by atoms with van der Waals surface area (Å²) in [6.07, 6.45) is 3.52. The maximum atomic E-state index is 10.2. The Morgan fingerprint density at radius 3 is 2.50 bits per heavy atom. The van der Waals surface area contributed by atoms with Crippen LogP contribution in [0.4, 0.5) is 0 Å². The van der Waals surface area contributed by atoms with E-state index in [1.807, 2.05) is 0 Å². The molecule has 3 heteroatoms. The van der Waals surface area contributed by atoms with Gasteiger partial charge in [-0.1, -0.05) is 0 Å². The molecule has 0 aromatic heterocycles. The van der Waals surface area contributed by atoms with Crippen LogP contribution in [-0.2, 0) is 0 Å². The van der Waals surface area contributed by atoms with Crippen molar-refractivity contribution in [2.24, 2.45) is 5.41 Å². The largest absolute Gasteiger partial charge is 0.387 e. The summed E-state index contributed by atoms with van der Waals surface area (Å²) in [5, 5.41) is 22.3. The summed E-state index contributed by atoms with van der Waals surface area (Å²) in [4.78, 5) is 0. The number of nitrogens with one attached hydrogen (secondary N) is 1. The van der Waals surface area contributed by atoms with Crippen LogP contribution in [-0.4, -0.2) is 23.8 Å². The molecule has 0 aromatic carbocycles. The van der Waals surface area contributed by atoms with Crippen LogP contribution >= 0.6 is 0 Å². The van der Waals surface area contributed by atoms with Crippen LogP contribution in [0.5, 0.6) is 0 Å². The Morgan fingerprint density at radius 2 is 2.08 bits per heavy atom. The predicted octanol–water partition coefficient (Wildman–Crippen LogP) is 0.405. The molecule has 2 aliphatic rings. The summed E-state index contributed by atoms with van der Waals surface area (Å²) in [6.45, 7) is 1.57. The topological polar surface area (TPSA) is 56.0 Å². The first-order valence-electron chi connectivity index (χ1n) is 4.57. The van der Waals surface area contributed by atoms with Crippen LogP contribution in [0.25, 0.3) is 0 Å². The van der Waals surface area contributed by atoms with Gasteiger partial charge in [0.25, 0.3) is 0 Å². The summed E-state index contributed by atoms with van der Waals surface area (Å²) in [5.74, 6) is 0. The maximum Gasteiger partial charge on any atom is 0.0957 e. The number of aliphatic hydroxyl groups is 1. The van der Waals surface area contributed by atoms with Crippen molar-refractivity contribution in [3.8, 4) is 6.07 Å². The molecule has 1 saturated carbocycles. The first kappa shape index (κ1) is 8.03. The second kappa shape index (κ2) is 2.45. The van der Waals surface area contributed by atoms with Gasteiger partial charge in [0.1, 0.15) is 0 Å². The Bertz CT molecular complexity index is 221. The first-order chi connectivity index (χ1) is 5.72. The molecule has 66 valence electrons. The van der Waals surface area contributed by atoms with Crippen molar-refractivity contribution in [2.75, 3.05) is 13.1 Å². The van der Waals surface area contributed by atoms with Crippen LogP contribution in [0.15, 0.2) is 0 Å². The molecular weight excluding hydrogens is 152 g/mol. The minimum absolute atomic E-state index is 0.402. The monoisotopic (exact) mass is 166 g/mol. The molecule has 1 unspecified atom stereocenters. The van der Waals surface area contributed by atoms with Gasteiger partial charge >= 0.3 is 0 Å². The predicted molar refractivity (Wildman–Crippen MR) is 44.3 cm³/mol. The van der Waals surface area contributed by atoms with Gasteiger partial charge in [0.05, 0.1) is 17.1 Å². The Balaban J connectivity index is 2.14. The van der Waals surface area contributed by atoms with E-state index in [1.54, 1.807) is 0 Å². The van der Waals surface area contributed by atoms with E-state index in [9.17, 15) is 5.11 Å². The lowest BCUT2D eigenvalue weighted by Gasteiger charge is -2.36. The van der Waals surface area contributed by atoms with Crippen LogP contribution < -0.4 is 5.32 Å². The Hall–Kier alpha value is -0.590. The molecule has 12 heavy (non-hydrogen) atoms. The molecule has 1 atom stereocenters. The van der Waals surface area contributed by atoms with Crippen molar-refractivity contribution in [3.05, 3.63) is 0 Å². The zero-order valence-electron chi connectivity index (χ0n) is 7.14. The lowest BCUT2D eigenvalue weighted by atomic mass is 9.79. The summed E-state index contributed by atoms with van der Waals surface area (Å²) in [6, 6.07) is 2.27. The standard InChI is InChI=1S/C9H14N2O/c10-6-8(3-4-8)9(12)2-1-5-11-7-9/h11-12H,1-5,7H2. The number of piperidine rings is 1. The molecule has 2 rings (SSSR count). The first-order valence-corrected chi connectivity index (χ1v) is 4.57. The van der Waals surface area contributed by atoms with E-state index in [1.165, 1.54) is 0 Å². The number of nitriles is 1. The second-order valence-corrected chi connectivity index (χ2v) is 4.01. The van der Waals surface area contributed by atoms with Gasteiger partial charge in [-0.3, -0.25) is 0 Å². The highest BCUT2D eigenvalue weighted by molar-refractivity contribution is 5.21. The van der Waals surface area contributed by atoms with Gasteiger partial charge in [0.15, 0.2) is 0 Å². The summed E-state index contributed by atoms with van der Waals surface area (Å²) in [5.41, 5.74) is -1.14. The minimum atomic E-state index is -0.736. The van der Waals surface area contributed by atoms with Crippen LogP contribution in [0, 0.1) is 16.7 Å². The highest BCUT2D eigenvalue weighted by Gasteiger charge is 2.59.